The minimum atomic E-state index is -0.857. The fourth-order valence-electron chi connectivity index (χ4n) is 4.29. The number of benzene rings is 1. The Morgan fingerprint density at radius 1 is 0.969 bits per heavy atom. The van der Waals surface area contributed by atoms with Crippen molar-refractivity contribution in [3.05, 3.63) is 72.4 Å². The Morgan fingerprint density at radius 2 is 1.84 bits per heavy atom. The molecule has 4 aromatic rings. The van der Waals surface area contributed by atoms with E-state index in [1.54, 1.807) is 10.9 Å². The van der Waals surface area contributed by atoms with E-state index in [-0.39, 0.29) is 0 Å². The van der Waals surface area contributed by atoms with Crippen molar-refractivity contribution < 1.29 is 5.11 Å². The number of pyridine rings is 2. The Morgan fingerprint density at radius 3 is 2.66 bits per heavy atom. The zero-order valence-corrected chi connectivity index (χ0v) is 18.3. The first-order chi connectivity index (χ1) is 15.6. The minimum Gasteiger partial charge on any atom is -0.369 e. The molecule has 1 aromatic carbocycles. The van der Waals surface area contributed by atoms with E-state index in [0.717, 1.165) is 52.8 Å². The number of nitrogens with one attached hydrogen (secondary N) is 1. The molecule has 4 heterocycles. The lowest BCUT2D eigenvalue weighted by molar-refractivity contribution is 0.205. The van der Waals surface area contributed by atoms with Crippen molar-refractivity contribution in [1.82, 2.24) is 24.6 Å². The minimum absolute atomic E-state index is 0.628. The number of aliphatic hydroxyl groups excluding tert-OH is 1. The van der Waals surface area contributed by atoms with Crippen LogP contribution in [0.5, 0.6) is 0 Å². The molecule has 32 heavy (non-hydrogen) atoms. The van der Waals surface area contributed by atoms with Gasteiger partial charge < -0.3 is 10.4 Å². The van der Waals surface area contributed by atoms with Crippen LogP contribution in [0.2, 0.25) is 0 Å². The summed E-state index contributed by atoms with van der Waals surface area (Å²) >= 11 is 0. The molecular formula is C25H28N6O. The van der Waals surface area contributed by atoms with Gasteiger partial charge in [-0.3, -0.25) is 14.6 Å². The van der Waals surface area contributed by atoms with Crippen LogP contribution in [0.3, 0.4) is 0 Å². The number of nitrogens with zero attached hydrogens (tertiary/aromatic N) is 5. The van der Waals surface area contributed by atoms with Crippen LogP contribution in [-0.4, -0.2) is 42.8 Å². The van der Waals surface area contributed by atoms with Gasteiger partial charge in [-0.15, -0.1) is 0 Å². The van der Waals surface area contributed by atoms with Gasteiger partial charge >= 0.3 is 0 Å². The van der Waals surface area contributed by atoms with Crippen molar-refractivity contribution in [2.45, 2.75) is 32.0 Å². The first-order valence-electron chi connectivity index (χ1n) is 11.1. The number of anilines is 1. The predicted octanol–water partition coefficient (Wildman–Crippen LogP) is 4.12. The van der Waals surface area contributed by atoms with Gasteiger partial charge in [0.15, 0.2) is 6.23 Å². The molecule has 1 aliphatic heterocycles. The van der Waals surface area contributed by atoms with Crippen LogP contribution in [0.1, 0.15) is 36.7 Å². The van der Waals surface area contributed by atoms with Gasteiger partial charge in [-0.05, 0) is 61.1 Å². The second-order valence-electron chi connectivity index (χ2n) is 8.50. The molecule has 1 unspecified atom stereocenters. The highest BCUT2D eigenvalue weighted by molar-refractivity contribution is 5.88. The number of aromatic nitrogens is 4. The SMILES string of the molecule is Cn1cc(-c2ccc3cnc(NC(O)c4ccnc(CN5CCCCC5)c4)cc3c2)cn1. The van der Waals surface area contributed by atoms with E-state index in [1.807, 2.05) is 43.8 Å². The fraction of sp³-hybridized carbons (Fsp3) is 0.320. The molecule has 1 atom stereocenters. The summed E-state index contributed by atoms with van der Waals surface area (Å²) in [6.07, 6.45) is 10.4. The van der Waals surface area contributed by atoms with E-state index in [1.165, 1.54) is 19.3 Å². The quantitative estimate of drug-likeness (QED) is 0.450. The van der Waals surface area contributed by atoms with E-state index >= 15 is 0 Å². The van der Waals surface area contributed by atoms with E-state index in [4.69, 9.17) is 0 Å². The molecule has 0 bridgehead atoms. The van der Waals surface area contributed by atoms with Crippen LogP contribution in [0.25, 0.3) is 21.9 Å². The molecule has 0 spiro atoms. The summed E-state index contributed by atoms with van der Waals surface area (Å²) in [4.78, 5) is 11.4. The smallest absolute Gasteiger partial charge is 0.152 e. The monoisotopic (exact) mass is 428 g/mol. The van der Waals surface area contributed by atoms with Crippen molar-refractivity contribution in [1.29, 1.82) is 0 Å². The van der Waals surface area contributed by atoms with Crippen molar-refractivity contribution in [3.8, 4) is 11.1 Å². The Hall–Kier alpha value is -3.29. The van der Waals surface area contributed by atoms with Crippen molar-refractivity contribution in [2.24, 2.45) is 7.05 Å². The molecule has 0 aliphatic carbocycles. The van der Waals surface area contributed by atoms with Crippen LogP contribution in [0, 0.1) is 0 Å². The highest BCUT2D eigenvalue weighted by Gasteiger charge is 2.14. The van der Waals surface area contributed by atoms with E-state index in [2.05, 4.69) is 43.5 Å². The maximum atomic E-state index is 10.8. The number of likely N-dealkylation sites (tertiary alicyclic amines) is 1. The third-order valence-electron chi connectivity index (χ3n) is 6.04. The average molecular weight is 429 g/mol. The van der Waals surface area contributed by atoms with Gasteiger partial charge in [-0.25, -0.2) is 4.98 Å². The van der Waals surface area contributed by atoms with Crippen LogP contribution in [-0.2, 0) is 13.6 Å². The largest absolute Gasteiger partial charge is 0.369 e. The molecule has 1 saturated heterocycles. The fourth-order valence-corrected chi connectivity index (χ4v) is 4.29. The lowest BCUT2D eigenvalue weighted by atomic mass is 10.0. The Kier molecular flexibility index (Phi) is 5.83. The predicted molar refractivity (Wildman–Crippen MR) is 126 cm³/mol. The number of hydrogen-bond acceptors (Lipinski definition) is 6. The number of aliphatic hydroxyl groups is 1. The van der Waals surface area contributed by atoms with Gasteiger partial charge in [-0.1, -0.05) is 18.6 Å². The van der Waals surface area contributed by atoms with E-state index < -0.39 is 6.23 Å². The lowest BCUT2D eigenvalue weighted by Crippen LogP contribution is -2.29. The van der Waals surface area contributed by atoms with Crippen LogP contribution in [0.4, 0.5) is 5.82 Å². The number of rotatable bonds is 6. The summed E-state index contributed by atoms with van der Waals surface area (Å²) < 4.78 is 1.80. The number of aryl methyl sites for hydroxylation is 1. The first-order valence-corrected chi connectivity index (χ1v) is 11.1. The van der Waals surface area contributed by atoms with Gasteiger partial charge in [0.25, 0.3) is 0 Å². The van der Waals surface area contributed by atoms with Gasteiger partial charge in [0, 0.05) is 48.7 Å². The summed E-state index contributed by atoms with van der Waals surface area (Å²) in [6, 6.07) is 12.0. The Labute approximate surface area is 187 Å². The molecule has 1 aliphatic rings. The number of piperidine rings is 1. The van der Waals surface area contributed by atoms with Crippen molar-refractivity contribution in [2.75, 3.05) is 18.4 Å². The standard InChI is InChI=1S/C25H28N6O/c1-30-16-22(15-28-30)18-5-6-20-14-27-24(13-21(20)11-18)29-25(32)19-7-8-26-23(12-19)17-31-9-3-2-4-10-31/h5-8,11-16,25,32H,2-4,9-10,17H2,1H3,(H,27,29). The first kappa shape index (κ1) is 20.6. The maximum absolute atomic E-state index is 10.8. The molecule has 2 N–H and O–H groups in total. The van der Waals surface area contributed by atoms with E-state index in [0.29, 0.717) is 5.82 Å². The summed E-state index contributed by atoms with van der Waals surface area (Å²) in [5, 5.41) is 20.3. The maximum Gasteiger partial charge on any atom is 0.152 e. The number of hydrogen-bond donors (Lipinski definition) is 2. The molecule has 164 valence electrons. The molecule has 0 radical (unpaired) electrons. The highest BCUT2D eigenvalue weighted by atomic mass is 16.3. The normalized spacial score (nSPS) is 15.7. The molecular weight excluding hydrogens is 400 g/mol. The molecule has 7 nitrogen and oxygen atoms in total. The topological polar surface area (TPSA) is 79.1 Å². The summed E-state index contributed by atoms with van der Waals surface area (Å²) in [5.41, 5.74) is 3.94. The summed E-state index contributed by atoms with van der Waals surface area (Å²) in [5.74, 6) is 0.628. The second kappa shape index (κ2) is 9.06. The Bertz CT molecular complexity index is 1210. The molecule has 7 heteroatoms. The zero-order valence-electron chi connectivity index (χ0n) is 18.3. The molecule has 0 saturated carbocycles. The van der Waals surface area contributed by atoms with Crippen LogP contribution < -0.4 is 5.32 Å². The van der Waals surface area contributed by atoms with Gasteiger partial charge in [0.1, 0.15) is 5.82 Å². The third-order valence-corrected chi connectivity index (χ3v) is 6.04. The molecule has 3 aromatic heterocycles. The Balaban J connectivity index is 1.32. The lowest BCUT2D eigenvalue weighted by Gasteiger charge is -2.26. The molecule has 5 rings (SSSR count). The van der Waals surface area contributed by atoms with Gasteiger partial charge in [0.2, 0.25) is 0 Å². The highest BCUT2D eigenvalue weighted by Crippen LogP contribution is 2.26. The van der Waals surface area contributed by atoms with Gasteiger partial charge in [-0.2, -0.15) is 5.10 Å². The van der Waals surface area contributed by atoms with Gasteiger partial charge in [0.05, 0.1) is 11.9 Å². The number of fused-ring (bicyclic) bond motifs is 1. The van der Waals surface area contributed by atoms with E-state index in [9.17, 15) is 5.11 Å². The van der Waals surface area contributed by atoms with Crippen molar-refractivity contribution >= 4 is 16.6 Å². The second-order valence-corrected chi connectivity index (χ2v) is 8.50. The molecule has 1 fully saturated rings. The van der Waals surface area contributed by atoms with Crippen LogP contribution >= 0.6 is 0 Å². The van der Waals surface area contributed by atoms with Crippen LogP contribution in [0.15, 0.2) is 61.2 Å². The third kappa shape index (κ3) is 4.64. The average Bonchev–Trinajstić information content (AvgIpc) is 3.26. The summed E-state index contributed by atoms with van der Waals surface area (Å²) in [7, 11) is 1.91. The molecule has 0 amide bonds. The van der Waals surface area contributed by atoms with Crippen molar-refractivity contribution in [3.63, 3.8) is 0 Å². The zero-order chi connectivity index (χ0) is 21.9. The summed E-state index contributed by atoms with van der Waals surface area (Å²) in [6.45, 7) is 3.06.